The number of fused-ring (bicyclic) bond motifs is 2. The van der Waals surface area contributed by atoms with E-state index in [-0.39, 0.29) is 29.0 Å². The lowest BCUT2D eigenvalue weighted by Gasteiger charge is -2.44. The lowest BCUT2D eigenvalue weighted by Crippen LogP contribution is -2.54. The Morgan fingerprint density at radius 2 is 2.00 bits per heavy atom. The van der Waals surface area contributed by atoms with E-state index in [1.165, 1.54) is 4.57 Å². The van der Waals surface area contributed by atoms with E-state index in [1.54, 1.807) is 6.20 Å². The third-order valence-electron chi connectivity index (χ3n) is 5.05. The summed E-state index contributed by atoms with van der Waals surface area (Å²) in [4.78, 5) is 16.5. The molecule has 7 heteroatoms. The molecule has 0 aromatic carbocycles. The van der Waals surface area contributed by atoms with E-state index in [4.69, 9.17) is 19.9 Å². The molecule has 2 aliphatic heterocycles. The molecule has 0 radical (unpaired) electrons. The largest absolute Gasteiger partial charge is 0.383 e. The Morgan fingerprint density at radius 1 is 1.33 bits per heavy atom. The first-order valence-corrected chi connectivity index (χ1v) is 9.64. The summed E-state index contributed by atoms with van der Waals surface area (Å²) < 4.78 is 20.6. The Morgan fingerprint density at radius 3 is 2.59 bits per heavy atom. The fourth-order valence-corrected chi connectivity index (χ4v) is 4.22. The first-order valence-electron chi connectivity index (χ1n) is 9.64. The maximum absolute atomic E-state index is 12.5. The summed E-state index contributed by atoms with van der Waals surface area (Å²) in [6.07, 6.45) is 2.03. The van der Waals surface area contributed by atoms with Gasteiger partial charge in [-0.3, -0.25) is 4.57 Å². The smallest absolute Gasteiger partial charge is 0.351 e. The fourth-order valence-electron chi connectivity index (χ4n) is 4.22. The number of hydrogen-bond acceptors (Lipinski definition) is 6. The van der Waals surface area contributed by atoms with Crippen LogP contribution in [0, 0.1) is 12.3 Å². The molecule has 0 unspecified atom stereocenters. The van der Waals surface area contributed by atoms with E-state index in [9.17, 15) is 4.79 Å². The van der Waals surface area contributed by atoms with Gasteiger partial charge in [0, 0.05) is 18.2 Å². The molecule has 1 aromatic rings. The van der Waals surface area contributed by atoms with Crippen LogP contribution in [-0.4, -0.2) is 39.6 Å². The van der Waals surface area contributed by atoms with Crippen molar-refractivity contribution in [1.29, 1.82) is 0 Å². The normalized spacial score (nSPS) is 31.3. The van der Waals surface area contributed by atoms with Crippen molar-refractivity contribution in [2.45, 2.75) is 90.9 Å². The van der Waals surface area contributed by atoms with Crippen molar-refractivity contribution in [3.05, 3.63) is 22.2 Å². The Kier molecular flexibility index (Phi) is 4.94. The second-order valence-electron chi connectivity index (χ2n) is 10.0. The van der Waals surface area contributed by atoms with Crippen LogP contribution in [0.2, 0.25) is 0 Å². The van der Waals surface area contributed by atoms with Crippen LogP contribution >= 0.6 is 0 Å². The zero-order chi connectivity index (χ0) is 20.2. The van der Waals surface area contributed by atoms with Crippen LogP contribution in [0.3, 0.4) is 0 Å². The molecule has 4 atom stereocenters. The highest BCUT2D eigenvalue weighted by atomic mass is 16.6. The number of ether oxygens (including phenoxy) is 3. The van der Waals surface area contributed by atoms with Gasteiger partial charge >= 0.3 is 5.69 Å². The van der Waals surface area contributed by atoms with E-state index in [1.807, 2.05) is 27.7 Å². The van der Waals surface area contributed by atoms with Gasteiger partial charge in [0.2, 0.25) is 0 Å². The molecule has 2 fully saturated rings. The Bertz CT molecular complexity index is 762. The number of hydrogen-bond donors (Lipinski definition) is 1. The van der Waals surface area contributed by atoms with Gasteiger partial charge in [0.25, 0.3) is 0 Å². The number of nitrogens with zero attached hydrogens (tertiary/aromatic N) is 2. The summed E-state index contributed by atoms with van der Waals surface area (Å²) in [6.45, 7) is 15.1. The van der Waals surface area contributed by atoms with Crippen molar-refractivity contribution in [3.63, 3.8) is 0 Å². The number of rotatable bonds is 3. The lowest BCUT2D eigenvalue weighted by molar-refractivity contribution is -0.195. The Balaban J connectivity index is 2.06. The minimum atomic E-state index is -0.582. The number of aryl methyl sites for hydroxylation is 1. The average Bonchev–Trinajstić information content (AvgIpc) is 2.64. The minimum Gasteiger partial charge on any atom is -0.383 e. The van der Waals surface area contributed by atoms with Crippen LogP contribution in [0.1, 0.15) is 66.2 Å². The Labute approximate surface area is 161 Å². The number of anilines is 1. The zero-order valence-corrected chi connectivity index (χ0v) is 17.5. The molecule has 2 saturated heterocycles. The highest BCUT2D eigenvalue weighted by molar-refractivity contribution is 5.35. The maximum Gasteiger partial charge on any atom is 0.351 e. The van der Waals surface area contributed by atoms with Gasteiger partial charge in [0.05, 0.1) is 12.2 Å². The highest BCUT2D eigenvalue weighted by Gasteiger charge is 2.61. The van der Waals surface area contributed by atoms with Gasteiger partial charge < -0.3 is 19.9 Å². The first kappa shape index (κ1) is 20.3. The van der Waals surface area contributed by atoms with Gasteiger partial charge in [0.15, 0.2) is 6.23 Å². The molecule has 3 heterocycles. The van der Waals surface area contributed by atoms with Gasteiger partial charge in [-0.2, -0.15) is 4.98 Å². The molecule has 2 bridgehead atoms. The molecular formula is C20H33N3O4. The number of nitrogen functional groups attached to an aromatic ring is 1. The molecule has 2 aliphatic rings. The monoisotopic (exact) mass is 379 g/mol. The summed E-state index contributed by atoms with van der Waals surface area (Å²) in [5.41, 5.74) is 5.27. The van der Waals surface area contributed by atoms with Crippen molar-refractivity contribution in [2.75, 3.05) is 12.3 Å². The summed E-state index contributed by atoms with van der Waals surface area (Å²) in [6, 6.07) is 0. The second kappa shape index (κ2) is 6.57. The third-order valence-corrected chi connectivity index (χ3v) is 5.05. The minimum absolute atomic E-state index is 0.0382. The summed E-state index contributed by atoms with van der Waals surface area (Å²) in [5.74, 6) is 0.241. The molecule has 0 saturated carbocycles. The predicted molar refractivity (Wildman–Crippen MR) is 104 cm³/mol. The topological polar surface area (TPSA) is 88.6 Å². The lowest BCUT2D eigenvalue weighted by atomic mass is 9.76. The molecule has 0 amide bonds. The van der Waals surface area contributed by atoms with Gasteiger partial charge in [0.1, 0.15) is 23.6 Å². The van der Waals surface area contributed by atoms with Crippen LogP contribution in [0.25, 0.3) is 0 Å². The Hall–Kier alpha value is -1.44. The standard InChI is InChI=1S/C20H33N3O4/c1-12-10-23(17(24)22-15(12)21)16-13-14(26-19(5,6)7)20(27-16,8-9-25-13)11-18(2,3)4/h10,13-14,16H,8-9,11H2,1-7H3,(H2,21,22,24)/t13-,14+,16-,20-/m1/s1. The van der Waals surface area contributed by atoms with Gasteiger partial charge in [-0.1, -0.05) is 20.8 Å². The predicted octanol–water partition coefficient (Wildman–Crippen LogP) is 2.81. The van der Waals surface area contributed by atoms with E-state index < -0.39 is 17.5 Å². The highest BCUT2D eigenvalue weighted by Crippen LogP contribution is 2.51. The van der Waals surface area contributed by atoms with E-state index in [2.05, 4.69) is 25.8 Å². The third kappa shape index (κ3) is 4.05. The maximum atomic E-state index is 12.5. The van der Waals surface area contributed by atoms with Crippen molar-refractivity contribution >= 4 is 5.82 Å². The average molecular weight is 380 g/mol. The molecule has 152 valence electrons. The number of aromatic nitrogens is 2. The van der Waals surface area contributed by atoms with E-state index in [0.29, 0.717) is 6.61 Å². The number of nitrogens with two attached hydrogens (primary N) is 1. The zero-order valence-electron chi connectivity index (χ0n) is 17.5. The van der Waals surface area contributed by atoms with Gasteiger partial charge in [-0.25, -0.2) is 4.79 Å². The van der Waals surface area contributed by atoms with E-state index in [0.717, 1.165) is 18.4 Å². The fraction of sp³-hybridized carbons (Fsp3) is 0.800. The van der Waals surface area contributed by atoms with Crippen LogP contribution < -0.4 is 11.4 Å². The van der Waals surface area contributed by atoms with E-state index >= 15 is 0 Å². The van der Waals surface area contributed by atoms with Gasteiger partial charge in [-0.05, 0) is 39.5 Å². The molecule has 7 nitrogen and oxygen atoms in total. The second-order valence-corrected chi connectivity index (χ2v) is 10.0. The first-order chi connectivity index (χ1) is 12.3. The van der Waals surface area contributed by atoms with Crippen molar-refractivity contribution in [3.8, 4) is 0 Å². The molecule has 2 N–H and O–H groups in total. The van der Waals surface area contributed by atoms with Gasteiger partial charge in [-0.15, -0.1) is 0 Å². The van der Waals surface area contributed by atoms with Crippen molar-refractivity contribution in [2.24, 2.45) is 5.41 Å². The molecule has 1 aromatic heterocycles. The molecule has 0 aliphatic carbocycles. The molecule has 0 spiro atoms. The molecule has 27 heavy (non-hydrogen) atoms. The summed E-state index contributed by atoms with van der Waals surface area (Å²) in [7, 11) is 0. The molecule has 3 rings (SSSR count). The van der Waals surface area contributed by atoms with Crippen LogP contribution in [0.15, 0.2) is 11.0 Å². The SMILES string of the molecule is Cc1cn([C@@H]2O[C@@]3(CC(C)(C)C)CCO[C@@H]2[C@@H]3OC(C)(C)C)c(=O)nc1N. The quantitative estimate of drug-likeness (QED) is 0.869. The van der Waals surface area contributed by atoms with Crippen LogP contribution in [0.4, 0.5) is 5.82 Å². The molecular weight excluding hydrogens is 346 g/mol. The summed E-state index contributed by atoms with van der Waals surface area (Å²) >= 11 is 0. The van der Waals surface area contributed by atoms with Crippen LogP contribution in [-0.2, 0) is 14.2 Å². The summed E-state index contributed by atoms with van der Waals surface area (Å²) in [5, 5.41) is 0. The van der Waals surface area contributed by atoms with Crippen LogP contribution in [0.5, 0.6) is 0 Å². The van der Waals surface area contributed by atoms with Crippen molar-refractivity contribution in [1.82, 2.24) is 9.55 Å². The van der Waals surface area contributed by atoms with Crippen molar-refractivity contribution < 1.29 is 14.2 Å².